The van der Waals surface area contributed by atoms with E-state index in [1.165, 1.54) is 27.4 Å². The van der Waals surface area contributed by atoms with Crippen LogP contribution in [0.25, 0.3) is 116 Å². The highest BCUT2D eigenvalue weighted by Crippen LogP contribution is 2.48. The van der Waals surface area contributed by atoms with E-state index < -0.39 is 0 Å². The topological polar surface area (TPSA) is 31.2 Å². The second-order valence-electron chi connectivity index (χ2n) is 14.8. The van der Waals surface area contributed by atoms with Gasteiger partial charge in [-0.05, 0) is 70.3 Å². The van der Waals surface area contributed by atoms with Crippen LogP contribution in [-0.4, -0.2) is 4.57 Å². The number of nitrogens with zero attached hydrogens (tertiary/aromatic N) is 1. The van der Waals surface area contributed by atoms with E-state index in [4.69, 9.17) is 8.83 Å². The van der Waals surface area contributed by atoms with E-state index >= 15 is 0 Å². The molecule has 0 saturated carbocycles. The van der Waals surface area contributed by atoms with Crippen molar-refractivity contribution in [2.75, 3.05) is 0 Å². The second kappa shape index (κ2) is 12.5. The van der Waals surface area contributed by atoms with Gasteiger partial charge >= 0.3 is 0 Å². The predicted octanol–water partition coefficient (Wildman–Crippen LogP) is 15.3. The molecule has 0 spiro atoms. The third kappa shape index (κ3) is 4.86. The summed E-state index contributed by atoms with van der Waals surface area (Å²) in [5.41, 5.74) is 15.7. The Morgan fingerprint density at radius 3 is 1.33 bits per heavy atom. The molecule has 12 aromatic rings. The average molecular weight is 728 g/mol. The van der Waals surface area contributed by atoms with Crippen LogP contribution in [-0.2, 0) is 0 Å². The lowest BCUT2D eigenvalue weighted by molar-refractivity contribution is 0.659. The first-order valence-electron chi connectivity index (χ1n) is 19.4. The van der Waals surface area contributed by atoms with Crippen LogP contribution in [0.5, 0.6) is 0 Å². The number of fused-ring (bicyclic) bond motifs is 9. The van der Waals surface area contributed by atoms with Gasteiger partial charge in [0.25, 0.3) is 0 Å². The molecule has 0 aliphatic heterocycles. The molecule has 0 fully saturated rings. The lowest BCUT2D eigenvalue weighted by atomic mass is 9.96. The summed E-state index contributed by atoms with van der Waals surface area (Å²) in [4.78, 5) is 0. The highest BCUT2D eigenvalue weighted by atomic mass is 16.3. The van der Waals surface area contributed by atoms with Crippen LogP contribution in [0.4, 0.5) is 0 Å². The summed E-state index contributed by atoms with van der Waals surface area (Å²) in [7, 11) is 0. The van der Waals surface area contributed by atoms with Gasteiger partial charge < -0.3 is 13.4 Å². The molecule has 3 heteroatoms. The number of hydrogen-bond acceptors (Lipinski definition) is 2. The lowest BCUT2D eigenvalue weighted by Gasteiger charge is -2.08. The van der Waals surface area contributed by atoms with Crippen LogP contribution in [0.3, 0.4) is 0 Å². The summed E-state index contributed by atoms with van der Waals surface area (Å²) in [5.74, 6) is 0. The molecule has 0 saturated heterocycles. The first-order chi connectivity index (χ1) is 28.3. The van der Waals surface area contributed by atoms with Crippen LogP contribution in [0, 0.1) is 0 Å². The molecular formula is C54H33NO2. The van der Waals surface area contributed by atoms with Crippen molar-refractivity contribution in [3.63, 3.8) is 0 Å². The fraction of sp³-hybridized carbons (Fsp3) is 0. The minimum Gasteiger partial charge on any atom is -0.455 e. The Labute approximate surface area is 328 Å². The quantitative estimate of drug-likeness (QED) is 0.177. The van der Waals surface area contributed by atoms with Crippen LogP contribution in [0.1, 0.15) is 0 Å². The van der Waals surface area contributed by atoms with Gasteiger partial charge in [-0.15, -0.1) is 0 Å². The minimum atomic E-state index is 0.825. The Bertz CT molecular complexity index is 3480. The van der Waals surface area contributed by atoms with Crippen LogP contribution >= 0.6 is 0 Å². The molecular weight excluding hydrogens is 695 g/mol. The standard InChI is InChI=1S/C54H33NO2/c1-5-15-34(16-6-1)37-27-29-48-44(31-37)45-32-38(28-30-49(45)55(48)39-21-11-4-12-22-39)41-24-14-26-43-47-33-46-42-25-13-23-40(35-17-7-2-8-18-35)51(42)56-53(46)50(54(47)57-52(41)43)36-19-9-3-10-20-36/h1-33H. The predicted molar refractivity (Wildman–Crippen MR) is 237 cm³/mol. The smallest absolute Gasteiger partial charge is 0.147 e. The average Bonchev–Trinajstić information content (AvgIpc) is 3.96. The van der Waals surface area contributed by atoms with E-state index in [0.29, 0.717) is 0 Å². The zero-order chi connectivity index (χ0) is 37.5. The van der Waals surface area contributed by atoms with Crippen molar-refractivity contribution in [1.29, 1.82) is 0 Å². The third-order valence-corrected chi connectivity index (χ3v) is 11.6. The maximum atomic E-state index is 7.13. The Morgan fingerprint density at radius 1 is 0.281 bits per heavy atom. The second-order valence-corrected chi connectivity index (χ2v) is 14.8. The number of para-hydroxylation sites is 3. The summed E-state index contributed by atoms with van der Waals surface area (Å²) in [6.45, 7) is 0. The van der Waals surface area contributed by atoms with E-state index in [1.807, 2.05) is 6.07 Å². The monoisotopic (exact) mass is 727 g/mol. The minimum absolute atomic E-state index is 0.825. The van der Waals surface area contributed by atoms with Crippen molar-refractivity contribution in [3.8, 4) is 50.2 Å². The molecule has 0 radical (unpaired) electrons. The van der Waals surface area contributed by atoms with Gasteiger partial charge in [0.1, 0.15) is 22.3 Å². The van der Waals surface area contributed by atoms with Crippen LogP contribution < -0.4 is 0 Å². The van der Waals surface area contributed by atoms with E-state index in [9.17, 15) is 0 Å². The van der Waals surface area contributed by atoms with Crippen molar-refractivity contribution in [1.82, 2.24) is 4.57 Å². The van der Waals surface area contributed by atoms with Crippen LogP contribution in [0.2, 0.25) is 0 Å². The molecule has 0 unspecified atom stereocenters. The lowest BCUT2D eigenvalue weighted by Crippen LogP contribution is -1.93. The van der Waals surface area contributed by atoms with Gasteiger partial charge in [-0.2, -0.15) is 0 Å². The van der Waals surface area contributed by atoms with Gasteiger partial charge in [0.05, 0.1) is 16.6 Å². The number of aromatic nitrogens is 1. The van der Waals surface area contributed by atoms with Crippen molar-refractivity contribution >= 4 is 65.7 Å². The zero-order valence-corrected chi connectivity index (χ0v) is 30.8. The molecule has 3 aromatic heterocycles. The van der Waals surface area contributed by atoms with E-state index in [0.717, 1.165) is 88.5 Å². The highest BCUT2D eigenvalue weighted by molar-refractivity contribution is 6.24. The normalized spacial score (nSPS) is 11.9. The van der Waals surface area contributed by atoms with Gasteiger partial charge in [-0.1, -0.05) is 158 Å². The Hall–Kier alpha value is -7.62. The van der Waals surface area contributed by atoms with Gasteiger partial charge in [0, 0.05) is 49.1 Å². The summed E-state index contributed by atoms with van der Waals surface area (Å²) in [6.07, 6.45) is 0. The van der Waals surface area contributed by atoms with E-state index in [1.54, 1.807) is 0 Å². The molecule has 0 bridgehead atoms. The van der Waals surface area contributed by atoms with Crippen molar-refractivity contribution in [3.05, 3.63) is 200 Å². The van der Waals surface area contributed by atoms with Crippen molar-refractivity contribution in [2.24, 2.45) is 0 Å². The number of hydrogen-bond donors (Lipinski definition) is 0. The molecule has 57 heavy (non-hydrogen) atoms. The van der Waals surface area contributed by atoms with Gasteiger partial charge in [0.2, 0.25) is 0 Å². The van der Waals surface area contributed by atoms with Gasteiger partial charge in [0.15, 0.2) is 0 Å². The third-order valence-electron chi connectivity index (χ3n) is 11.6. The number of furan rings is 2. The van der Waals surface area contributed by atoms with E-state index in [-0.39, 0.29) is 0 Å². The number of benzene rings is 9. The molecule has 3 heterocycles. The maximum Gasteiger partial charge on any atom is 0.147 e. The zero-order valence-electron chi connectivity index (χ0n) is 30.8. The molecule has 12 rings (SSSR count). The van der Waals surface area contributed by atoms with Gasteiger partial charge in [-0.25, -0.2) is 0 Å². The van der Waals surface area contributed by atoms with Crippen molar-refractivity contribution < 1.29 is 8.83 Å². The van der Waals surface area contributed by atoms with Gasteiger partial charge in [-0.3, -0.25) is 0 Å². The largest absolute Gasteiger partial charge is 0.455 e. The van der Waals surface area contributed by atoms with E-state index in [2.05, 4.69) is 199 Å². The molecule has 0 N–H and O–H groups in total. The first kappa shape index (κ1) is 31.7. The SMILES string of the molecule is c1ccc(-c2ccc3c(c2)c2cc(-c4cccc5c4oc4c(-c6ccccc6)c6oc7c(-c8ccccc8)cccc7c6cc45)ccc2n3-c2ccccc2)cc1. The number of rotatable bonds is 5. The van der Waals surface area contributed by atoms with Crippen LogP contribution in [0.15, 0.2) is 209 Å². The molecule has 0 amide bonds. The van der Waals surface area contributed by atoms with Crippen molar-refractivity contribution in [2.45, 2.75) is 0 Å². The summed E-state index contributed by atoms with van der Waals surface area (Å²) >= 11 is 0. The summed E-state index contributed by atoms with van der Waals surface area (Å²) < 4.78 is 16.5. The highest BCUT2D eigenvalue weighted by Gasteiger charge is 2.24. The maximum absolute atomic E-state index is 7.13. The molecule has 0 aliphatic carbocycles. The summed E-state index contributed by atoms with van der Waals surface area (Å²) in [6, 6.07) is 71.2. The molecule has 0 aliphatic rings. The fourth-order valence-corrected chi connectivity index (χ4v) is 8.98. The molecule has 9 aromatic carbocycles. The molecule has 0 atom stereocenters. The molecule has 3 nitrogen and oxygen atoms in total. The summed E-state index contributed by atoms with van der Waals surface area (Å²) in [5, 5.41) is 6.72. The Kier molecular flexibility index (Phi) is 6.93. The molecule has 266 valence electrons. The Morgan fingerprint density at radius 2 is 0.754 bits per heavy atom. The first-order valence-corrected chi connectivity index (χ1v) is 19.4. The Balaban J connectivity index is 1.12. The fourth-order valence-electron chi connectivity index (χ4n) is 8.98.